The Labute approximate surface area is 115 Å². The van der Waals surface area contributed by atoms with Crippen LogP contribution in [0.1, 0.15) is 30.4 Å². The van der Waals surface area contributed by atoms with Gasteiger partial charge in [0.25, 0.3) is 0 Å². The van der Waals surface area contributed by atoms with Crippen molar-refractivity contribution in [2.24, 2.45) is 5.92 Å². The van der Waals surface area contributed by atoms with Crippen molar-refractivity contribution in [2.45, 2.75) is 33.1 Å². The number of aryl methyl sites for hydroxylation is 2. The highest BCUT2D eigenvalue weighted by atomic mass is 16.2. The molecule has 0 spiro atoms. The summed E-state index contributed by atoms with van der Waals surface area (Å²) in [6.07, 6.45) is 7.79. The van der Waals surface area contributed by atoms with Gasteiger partial charge in [-0.15, -0.1) is 0 Å². The summed E-state index contributed by atoms with van der Waals surface area (Å²) in [4.78, 5) is 11.9. The second kappa shape index (κ2) is 6.41. The Hall–Kier alpha value is -1.77. The summed E-state index contributed by atoms with van der Waals surface area (Å²) in [5, 5.41) is 5.92. The number of carbonyl (C=O) groups excluding carboxylic acids is 1. The molecule has 0 saturated heterocycles. The molecule has 2 amide bonds. The molecule has 0 aliphatic heterocycles. The lowest BCUT2D eigenvalue weighted by molar-refractivity contribution is 0.249. The number of carbonyl (C=O) groups is 1. The van der Waals surface area contributed by atoms with Gasteiger partial charge < -0.3 is 10.6 Å². The van der Waals surface area contributed by atoms with Gasteiger partial charge in [-0.05, 0) is 50.2 Å². The first-order valence-electron chi connectivity index (χ1n) is 6.93. The quantitative estimate of drug-likeness (QED) is 0.796. The fraction of sp³-hybridized carbons (Fsp3) is 0.438. The van der Waals surface area contributed by atoms with Crippen LogP contribution in [0.25, 0.3) is 0 Å². The lowest BCUT2D eigenvalue weighted by Crippen LogP contribution is -2.33. The fourth-order valence-corrected chi connectivity index (χ4v) is 2.45. The molecule has 102 valence electrons. The van der Waals surface area contributed by atoms with Crippen LogP contribution in [0.3, 0.4) is 0 Å². The van der Waals surface area contributed by atoms with Gasteiger partial charge in [-0.3, -0.25) is 0 Å². The van der Waals surface area contributed by atoms with Crippen LogP contribution in [0, 0.1) is 19.8 Å². The van der Waals surface area contributed by atoms with Crippen LogP contribution < -0.4 is 10.6 Å². The maximum atomic E-state index is 11.9. The molecule has 0 unspecified atom stereocenters. The summed E-state index contributed by atoms with van der Waals surface area (Å²) >= 11 is 0. The molecule has 1 aliphatic carbocycles. The number of rotatable bonds is 3. The third-order valence-corrected chi connectivity index (χ3v) is 3.65. The molecule has 1 atom stereocenters. The minimum Gasteiger partial charge on any atom is -0.338 e. The van der Waals surface area contributed by atoms with E-state index < -0.39 is 0 Å². The second-order valence-electron chi connectivity index (χ2n) is 5.25. The summed E-state index contributed by atoms with van der Waals surface area (Å²) in [5.41, 5.74) is 3.11. The first-order chi connectivity index (χ1) is 9.16. The van der Waals surface area contributed by atoms with Gasteiger partial charge in [0.1, 0.15) is 0 Å². The Morgan fingerprint density at radius 3 is 2.63 bits per heavy atom. The van der Waals surface area contributed by atoms with Crippen molar-refractivity contribution in [1.29, 1.82) is 0 Å². The number of urea groups is 1. The molecule has 3 nitrogen and oxygen atoms in total. The zero-order chi connectivity index (χ0) is 13.7. The summed E-state index contributed by atoms with van der Waals surface area (Å²) in [5.74, 6) is 0.578. The average Bonchev–Trinajstić information content (AvgIpc) is 2.42. The van der Waals surface area contributed by atoms with Crippen molar-refractivity contribution in [2.75, 3.05) is 11.9 Å². The van der Waals surface area contributed by atoms with E-state index in [1.807, 2.05) is 32.0 Å². The number of amides is 2. The van der Waals surface area contributed by atoms with Crippen molar-refractivity contribution in [3.8, 4) is 0 Å². The van der Waals surface area contributed by atoms with E-state index in [0.717, 1.165) is 36.2 Å². The van der Waals surface area contributed by atoms with Crippen molar-refractivity contribution in [1.82, 2.24) is 5.32 Å². The second-order valence-corrected chi connectivity index (χ2v) is 5.25. The summed E-state index contributed by atoms with van der Waals surface area (Å²) in [6, 6.07) is 5.91. The van der Waals surface area contributed by atoms with Crippen LogP contribution in [-0.2, 0) is 0 Å². The first-order valence-corrected chi connectivity index (χ1v) is 6.93. The molecule has 0 bridgehead atoms. The molecule has 0 radical (unpaired) electrons. The maximum absolute atomic E-state index is 11.9. The number of benzene rings is 1. The van der Waals surface area contributed by atoms with Crippen LogP contribution in [0.2, 0.25) is 0 Å². The molecular weight excluding hydrogens is 236 g/mol. The third-order valence-electron chi connectivity index (χ3n) is 3.65. The summed E-state index contributed by atoms with van der Waals surface area (Å²) in [7, 11) is 0. The van der Waals surface area contributed by atoms with Gasteiger partial charge in [-0.25, -0.2) is 4.79 Å². The lowest BCUT2D eigenvalue weighted by Gasteiger charge is -2.19. The lowest BCUT2D eigenvalue weighted by atomic mass is 9.94. The van der Waals surface area contributed by atoms with Crippen LogP contribution in [0.15, 0.2) is 30.4 Å². The molecule has 0 saturated carbocycles. The van der Waals surface area contributed by atoms with E-state index in [0.29, 0.717) is 5.92 Å². The van der Waals surface area contributed by atoms with Gasteiger partial charge in [0, 0.05) is 12.2 Å². The normalized spacial score (nSPS) is 18.1. The molecule has 0 heterocycles. The molecule has 2 rings (SSSR count). The number of hydrogen-bond donors (Lipinski definition) is 2. The van der Waals surface area contributed by atoms with E-state index in [1.165, 1.54) is 6.42 Å². The number of nitrogens with one attached hydrogen (secondary N) is 2. The molecule has 1 aromatic rings. The molecule has 2 N–H and O–H groups in total. The highest BCUT2D eigenvalue weighted by molar-refractivity contribution is 5.90. The van der Waals surface area contributed by atoms with Crippen molar-refractivity contribution in [3.63, 3.8) is 0 Å². The number of anilines is 1. The Balaban J connectivity index is 1.85. The number of para-hydroxylation sites is 1. The predicted molar refractivity (Wildman–Crippen MR) is 79.4 cm³/mol. The Morgan fingerprint density at radius 2 is 2.00 bits per heavy atom. The standard InChI is InChI=1S/C16H22N2O/c1-12-7-6-8-13(2)15(12)18-16(19)17-11-14-9-4-3-5-10-14/h3-4,6-8,14H,5,9-11H2,1-2H3,(H2,17,18,19)/t14-/m0/s1. The topological polar surface area (TPSA) is 41.1 Å². The summed E-state index contributed by atoms with van der Waals surface area (Å²) < 4.78 is 0. The summed E-state index contributed by atoms with van der Waals surface area (Å²) in [6.45, 7) is 4.77. The van der Waals surface area contributed by atoms with E-state index >= 15 is 0 Å². The van der Waals surface area contributed by atoms with Crippen molar-refractivity contribution in [3.05, 3.63) is 41.5 Å². The molecular formula is C16H22N2O. The monoisotopic (exact) mass is 258 g/mol. The number of allylic oxidation sites excluding steroid dienone is 2. The Kier molecular flexibility index (Phi) is 4.61. The smallest absolute Gasteiger partial charge is 0.319 e. The fourth-order valence-electron chi connectivity index (χ4n) is 2.45. The van der Waals surface area contributed by atoms with Crippen LogP contribution >= 0.6 is 0 Å². The average molecular weight is 258 g/mol. The van der Waals surface area contributed by atoms with Crippen LogP contribution in [0.5, 0.6) is 0 Å². The van der Waals surface area contributed by atoms with Crippen molar-refractivity contribution < 1.29 is 4.79 Å². The van der Waals surface area contributed by atoms with Crippen LogP contribution in [-0.4, -0.2) is 12.6 Å². The minimum absolute atomic E-state index is 0.105. The van der Waals surface area contributed by atoms with Gasteiger partial charge in [-0.1, -0.05) is 30.4 Å². The molecule has 3 heteroatoms. The van der Waals surface area contributed by atoms with Gasteiger partial charge in [-0.2, -0.15) is 0 Å². The van der Waals surface area contributed by atoms with E-state index in [2.05, 4.69) is 22.8 Å². The maximum Gasteiger partial charge on any atom is 0.319 e. The largest absolute Gasteiger partial charge is 0.338 e. The Morgan fingerprint density at radius 1 is 1.26 bits per heavy atom. The molecule has 1 aromatic carbocycles. The van der Waals surface area contributed by atoms with E-state index in [1.54, 1.807) is 0 Å². The number of hydrogen-bond acceptors (Lipinski definition) is 1. The van der Waals surface area contributed by atoms with Gasteiger partial charge in [0.15, 0.2) is 0 Å². The van der Waals surface area contributed by atoms with E-state index in [9.17, 15) is 4.79 Å². The third kappa shape index (κ3) is 3.85. The predicted octanol–water partition coefficient (Wildman–Crippen LogP) is 3.78. The highest BCUT2D eigenvalue weighted by Gasteiger charge is 2.12. The SMILES string of the molecule is Cc1cccc(C)c1NC(=O)NC[C@H]1CC=CCC1. The minimum atomic E-state index is -0.105. The molecule has 0 aromatic heterocycles. The van der Waals surface area contributed by atoms with Crippen molar-refractivity contribution >= 4 is 11.7 Å². The van der Waals surface area contributed by atoms with Gasteiger partial charge >= 0.3 is 6.03 Å². The van der Waals surface area contributed by atoms with E-state index in [4.69, 9.17) is 0 Å². The molecule has 0 fully saturated rings. The molecule has 1 aliphatic rings. The zero-order valence-corrected chi connectivity index (χ0v) is 11.7. The molecule has 19 heavy (non-hydrogen) atoms. The van der Waals surface area contributed by atoms with E-state index in [-0.39, 0.29) is 6.03 Å². The Bertz CT molecular complexity index is 459. The van der Waals surface area contributed by atoms with Gasteiger partial charge in [0.05, 0.1) is 0 Å². The van der Waals surface area contributed by atoms with Gasteiger partial charge in [0.2, 0.25) is 0 Å². The van der Waals surface area contributed by atoms with Crippen LogP contribution in [0.4, 0.5) is 10.5 Å². The zero-order valence-electron chi connectivity index (χ0n) is 11.7. The first kappa shape index (κ1) is 13.7. The highest BCUT2D eigenvalue weighted by Crippen LogP contribution is 2.20.